The summed E-state index contributed by atoms with van der Waals surface area (Å²) in [7, 11) is 0. The molecule has 1 heterocycles. The fraction of sp³-hybridized carbons (Fsp3) is 0.410. The number of furan rings is 1. The van der Waals surface area contributed by atoms with E-state index in [0.717, 1.165) is 24.8 Å². The van der Waals surface area contributed by atoms with Crippen molar-refractivity contribution < 1.29 is 52.6 Å². The van der Waals surface area contributed by atoms with Gasteiger partial charge < -0.3 is 29.3 Å². The molecule has 0 aliphatic rings. The number of carbonyl (C=O) groups is 6. The molecule has 0 aliphatic heterocycles. The van der Waals surface area contributed by atoms with Crippen molar-refractivity contribution in [2.24, 2.45) is 10.9 Å². The zero-order valence-electron chi connectivity index (χ0n) is 31.0. The van der Waals surface area contributed by atoms with Crippen LogP contribution in [0.1, 0.15) is 92.7 Å². The van der Waals surface area contributed by atoms with E-state index in [4.69, 9.17) is 18.6 Å². The molecule has 0 unspecified atom stereocenters. The van der Waals surface area contributed by atoms with Gasteiger partial charge in [-0.05, 0) is 56.5 Å². The molecule has 0 bridgehead atoms. The van der Waals surface area contributed by atoms with Gasteiger partial charge in [0, 0.05) is 5.56 Å². The number of carbonyl (C=O) groups excluding carboxylic acids is 6. The minimum Gasteiger partial charge on any atom is -0.493 e. The van der Waals surface area contributed by atoms with Crippen LogP contribution >= 0.6 is 0 Å². The van der Waals surface area contributed by atoms with E-state index in [-0.39, 0.29) is 55.7 Å². The minimum absolute atomic E-state index is 0.00362. The minimum atomic E-state index is -0.940. The van der Waals surface area contributed by atoms with Crippen LogP contribution in [0.5, 0.6) is 5.75 Å². The second-order valence-corrected chi connectivity index (χ2v) is 12.0. The van der Waals surface area contributed by atoms with E-state index in [0.29, 0.717) is 23.5 Å². The predicted octanol–water partition coefficient (Wildman–Crippen LogP) is 5.25. The number of benzene rings is 2. The van der Waals surface area contributed by atoms with Crippen molar-refractivity contribution >= 4 is 41.8 Å². The lowest BCUT2D eigenvalue weighted by atomic mass is 9.90. The Bertz CT molecular complexity index is 1760. The highest BCUT2D eigenvalue weighted by atomic mass is 16.5. The molecule has 54 heavy (non-hydrogen) atoms. The molecule has 0 saturated carbocycles. The highest BCUT2D eigenvalue weighted by molar-refractivity contribution is 6.41. The lowest BCUT2D eigenvalue weighted by molar-refractivity contribution is -0.168. The smallest absolute Gasteiger partial charge is 0.353 e. The molecule has 0 fully saturated rings. The summed E-state index contributed by atoms with van der Waals surface area (Å²) in [4.78, 5) is 79.6. The fourth-order valence-electron chi connectivity index (χ4n) is 5.50. The number of nitrogens with one attached hydrogen (secondary N) is 2. The van der Waals surface area contributed by atoms with Crippen LogP contribution in [0.2, 0.25) is 0 Å². The van der Waals surface area contributed by atoms with Crippen molar-refractivity contribution in [1.29, 1.82) is 0 Å². The molecule has 4 amide bonds. The molecule has 3 N–H and O–H groups in total. The zero-order valence-corrected chi connectivity index (χ0v) is 31.0. The first-order valence-corrected chi connectivity index (χ1v) is 17.9. The van der Waals surface area contributed by atoms with Gasteiger partial charge in [-0.25, -0.2) is 14.9 Å². The molecule has 0 saturated heterocycles. The molecule has 290 valence electrons. The summed E-state index contributed by atoms with van der Waals surface area (Å²) >= 11 is 0. The lowest BCUT2D eigenvalue weighted by Crippen LogP contribution is -2.47. The van der Waals surface area contributed by atoms with Crippen LogP contribution in [0.25, 0.3) is 11.3 Å². The maximum Gasteiger partial charge on any atom is 0.353 e. The Labute approximate surface area is 314 Å². The normalized spacial score (nSPS) is 12.2. The van der Waals surface area contributed by atoms with Gasteiger partial charge in [-0.15, -0.1) is 0 Å². The summed E-state index contributed by atoms with van der Waals surface area (Å²) in [5, 5.41) is 15.8. The Morgan fingerprint density at radius 2 is 1.69 bits per heavy atom. The van der Waals surface area contributed by atoms with Gasteiger partial charge in [0.1, 0.15) is 23.8 Å². The van der Waals surface area contributed by atoms with Crippen LogP contribution < -0.4 is 15.4 Å². The monoisotopic (exact) mass is 748 g/mol. The summed E-state index contributed by atoms with van der Waals surface area (Å²) in [6, 6.07) is 15.7. The van der Waals surface area contributed by atoms with Gasteiger partial charge in [0.25, 0.3) is 11.8 Å². The predicted molar refractivity (Wildman–Crippen MR) is 196 cm³/mol. The van der Waals surface area contributed by atoms with Crippen LogP contribution in [0.15, 0.2) is 70.1 Å². The fourth-order valence-corrected chi connectivity index (χ4v) is 5.50. The van der Waals surface area contributed by atoms with Crippen LogP contribution in [-0.4, -0.2) is 78.0 Å². The molecule has 15 nitrogen and oxygen atoms in total. The average Bonchev–Trinajstić information content (AvgIpc) is 3.68. The van der Waals surface area contributed by atoms with Crippen molar-refractivity contribution in [2.75, 3.05) is 19.9 Å². The van der Waals surface area contributed by atoms with Gasteiger partial charge in [0.05, 0.1) is 43.8 Å². The number of unbranched alkanes of at least 4 members (excludes halogenated alkanes) is 2. The molecule has 1 aromatic heterocycles. The molecule has 2 aromatic carbocycles. The Hall–Kier alpha value is -5.83. The molecule has 2 atom stereocenters. The van der Waals surface area contributed by atoms with Crippen molar-refractivity contribution in [3.8, 4) is 17.1 Å². The largest absolute Gasteiger partial charge is 0.493 e. The van der Waals surface area contributed by atoms with Crippen molar-refractivity contribution in [3.05, 3.63) is 77.6 Å². The Kier molecular flexibility index (Phi) is 17.6. The Morgan fingerprint density at radius 3 is 2.35 bits per heavy atom. The van der Waals surface area contributed by atoms with E-state index in [1.165, 1.54) is 24.3 Å². The van der Waals surface area contributed by atoms with Gasteiger partial charge in [0.15, 0.2) is 5.76 Å². The molecule has 15 heteroatoms. The number of aliphatic imine (C=N–C) groups is 1. The van der Waals surface area contributed by atoms with E-state index < -0.39 is 53.8 Å². The summed E-state index contributed by atoms with van der Waals surface area (Å²) in [5.41, 5.74) is 0.756. The standard InChI is InChI=1S/C39H48N4O11/c1-5-9-11-16-28(31(6-2)43(50)25-44)36(46)40-24-41-38(48)33-20-19-32(54-33)27-17-18-29(34(21-27)51-7-3)37(47)42-30(39(49)52-8-4)22-35(45)53-23-26-14-12-10-13-15-26/h10,12-15,17-21,25,28,31,50H,5-9,11,16,22-24H2,1-4H3,(H,40,46)(H,41,48)/t28-,31-/m1/s1. The van der Waals surface area contributed by atoms with E-state index in [2.05, 4.69) is 15.6 Å². The summed E-state index contributed by atoms with van der Waals surface area (Å²) in [5.74, 6) is -3.98. The van der Waals surface area contributed by atoms with E-state index >= 15 is 0 Å². The quantitative estimate of drug-likeness (QED) is 0.0230. The summed E-state index contributed by atoms with van der Waals surface area (Å²) < 4.78 is 21.8. The van der Waals surface area contributed by atoms with Crippen molar-refractivity contribution in [3.63, 3.8) is 0 Å². The molecule has 3 rings (SSSR count). The van der Waals surface area contributed by atoms with Gasteiger partial charge in [-0.1, -0.05) is 69.5 Å². The number of hydroxylamine groups is 2. The lowest BCUT2D eigenvalue weighted by Gasteiger charge is -2.29. The van der Waals surface area contributed by atoms with Crippen LogP contribution in [-0.2, 0) is 35.3 Å². The third-order valence-electron chi connectivity index (χ3n) is 8.23. The first-order valence-electron chi connectivity index (χ1n) is 17.9. The van der Waals surface area contributed by atoms with E-state index in [1.54, 1.807) is 51.1 Å². The highest BCUT2D eigenvalue weighted by Gasteiger charge is 2.31. The number of nitrogens with zero attached hydrogens (tertiary/aromatic N) is 2. The first kappa shape index (κ1) is 42.6. The number of hydrogen-bond donors (Lipinski definition) is 3. The van der Waals surface area contributed by atoms with Gasteiger partial charge in [-0.2, -0.15) is 0 Å². The summed E-state index contributed by atoms with van der Waals surface area (Å²) in [6.07, 6.45) is 3.03. The molecule has 0 aliphatic carbocycles. The van der Waals surface area contributed by atoms with Crippen LogP contribution in [0.3, 0.4) is 0 Å². The van der Waals surface area contributed by atoms with Gasteiger partial charge in [0.2, 0.25) is 12.3 Å². The molecular weight excluding hydrogens is 700 g/mol. The second-order valence-electron chi connectivity index (χ2n) is 12.0. The molecule has 0 spiro atoms. The van der Waals surface area contributed by atoms with Crippen molar-refractivity contribution in [1.82, 2.24) is 15.7 Å². The van der Waals surface area contributed by atoms with Crippen LogP contribution in [0, 0.1) is 5.92 Å². The number of esters is 2. The van der Waals surface area contributed by atoms with E-state index in [9.17, 15) is 34.0 Å². The Morgan fingerprint density at radius 1 is 0.926 bits per heavy atom. The molecule has 0 radical (unpaired) electrons. The molecular formula is C39H48N4O11. The number of ether oxygens (including phenoxy) is 3. The van der Waals surface area contributed by atoms with Gasteiger partial charge in [-0.3, -0.25) is 29.2 Å². The maximum absolute atomic E-state index is 13.4. The third kappa shape index (κ3) is 12.7. The highest BCUT2D eigenvalue weighted by Crippen LogP contribution is 2.30. The summed E-state index contributed by atoms with van der Waals surface area (Å²) in [6.45, 7) is 6.99. The second kappa shape index (κ2) is 22.3. The Balaban J connectivity index is 1.71. The third-order valence-corrected chi connectivity index (χ3v) is 8.23. The molecule has 3 aromatic rings. The number of rotatable bonds is 22. The number of hydrogen-bond acceptors (Lipinski definition) is 11. The maximum atomic E-state index is 13.4. The average molecular weight is 749 g/mol. The van der Waals surface area contributed by atoms with Crippen molar-refractivity contribution in [2.45, 2.75) is 78.9 Å². The first-order chi connectivity index (χ1) is 26.1. The number of amides is 4. The zero-order chi connectivity index (χ0) is 39.5. The SMILES string of the molecule is CCCCC[C@@H](C(=O)NCNC(=O)c1ccc(-c2ccc(C(=O)N=C(CC(=O)OCc3ccccc3)C(=O)OCC)c(OCC)c2)o1)[C@@H](CC)N(O)C=O. The van der Waals surface area contributed by atoms with Gasteiger partial charge >= 0.3 is 11.9 Å². The van der Waals surface area contributed by atoms with Crippen LogP contribution in [0.4, 0.5) is 0 Å². The van der Waals surface area contributed by atoms with E-state index in [1.807, 2.05) is 13.0 Å². The topological polar surface area (TPSA) is 203 Å².